The molecule has 3 rings (SSSR count). The molecule has 0 N–H and O–H groups in total. The topological polar surface area (TPSA) is 18.5 Å². The molecule has 1 saturated carbocycles. The smallest absolute Gasteiger partial charge is 0.169 e. The van der Waals surface area contributed by atoms with Crippen molar-refractivity contribution in [3.63, 3.8) is 0 Å². The molecule has 0 aromatic heterocycles. The zero-order valence-electron chi connectivity index (χ0n) is 10.1. The predicted octanol–water partition coefficient (Wildman–Crippen LogP) is 3.64. The van der Waals surface area contributed by atoms with Crippen LogP contribution in [0.5, 0.6) is 0 Å². The molecule has 17 heavy (non-hydrogen) atoms. The van der Waals surface area contributed by atoms with Crippen LogP contribution >= 0.6 is 0 Å². The lowest BCUT2D eigenvalue weighted by Crippen LogP contribution is -2.26. The molecular formula is C15H19O2. The van der Waals surface area contributed by atoms with E-state index in [2.05, 4.69) is 31.2 Å². The highest BCUT2D eigenvalue weighted by Crippen LogP contribution is 2.47. The van der Waals surface area contributed by atoms with Gasteiger partial charge in [-0.05, 0) is 24.8 Å². The van der Waals surface area contributed by atoms with Crippen LogP contribution in [-0.2, 0) is 9.47 Å². The van der Waals surface area contributed by atoms with Gasteiger partial charge in [0.05, 0.1) is 6.10 Å². The van der Waals surface area contributed by atoms with Gasteiger partial charge in [0, 0.05) is 12.8 Å². The zero-order valence-corrected chi connectivity index (χ0v) is 10.1. The number of benzene rings is 1. The van der Waals surface area contributed by atoms with E-state index in [9.17, 15) is 0 Å². The summed E-state index contributed by atoms with van der Waals surface area (Å²) in [6.07, 6.45) is 5.43. The van der Waals surface area contributed by atoms with Crippen LogP contribution in [0.15, 0.2) is 30.3 Å². The number of hydrogen-bond donors (Lipinski definition) is 0. The van der Waals surface area contributed by atoms with E-state index in [-0.39, 0.29) is 18.0 Å². The second kappa shape index (κ2) is 4.43. The van der Waals surface area contributed by atoms with E-state index >= 15 is 0 Å². The summed E-state index contributed by atoms with van der Waals surface area (Å²) in [5.74, 6) is -0.303. The Morgan fingerprint density at radius 2 is 1.82 bits per heavy atom. The first-order valence-electron chi connectivity index (χ1n) is 6.53. The summed E-state index contributed by atoms with van der Waals surface area (Å²) in [5.41, 5.74) is 1.21. The van der Waals surface area contributed by atoms with E-state index in [0.717, 1.165) is 19.3 Å². The zero-order chi connectivity index (χ0) is 11.7. The van der Waals surface area contributed by atoms with Crippen molar-refractivity contribution in [1.29, 1.82) is 0 Å². The fourth-order valence-corrected chi connectivity index (χ4v) is 2.96. The SMILES string of the molecule is [CH2]CC1OC2(CCCC2)OC1c1ccccc1. The molecule has 1 radical (unpaired) electrons. The third-order valence-corrected chi connectivity index (χ3v) is 3.82. The van der Waals surface area contributed by atoms with Gasteiger partial charge in [0.1, 0.15) is 6.10 Å². The molecule has 2 unspecified atom stereocenters. The van der Waals surface area contributed by atoms with Crippen molar-refractivity contribution in [2.24, 2.45) is 0 Å². The van der Waals surface area contributed by atoms with Gasteiger partial charge in [-0.1, -0.05) is 37.3 Å². The molecule has 1 aromatic rings. The minimum absolute atomic E-state index is 0.0619. The van der Waals surface area contributed by atoms with Crippen molar-refractivity contribution in [3.05, 3.63) is 42.8 Å². The molecular weight excluding hydrogens is 212 g/mol. The van der Waals surface area contributed by atoms with Gasteiger partial charge in [0.15, 0.2) is 5.79 Å². The lowest BCUT2D eigenvalue weighted by Gasteiger charge is -2.21. The fourth-order valence-electron chi connectivity index (χ4n) is 2.96. The molecule has 2 nitrogen and oxygen atoms in total. The van der Waals surface area contributed by atoms with Gasteiger partial charge >= 0.3 is 0 Å². The Morgan fingerprint density at radius 1 is 1.12 bits per heavy atom. The Morgan fingerprint density at radius 3 is 2.47 bits per heavy atom. The molecule has 1 aliphatic heterocycles. The minimum atomic E-state index is -0.303. The average molecular weight is 231 g/mol. The Labute approximate surface area is 103 Å². The monoisotopic (exact) mass is 231 g/mol. The second-order valence-corrected chi connectivity index (χ2v) is 5.01. The van der Waals surface area contributed by atoms with E-state index < -0.39 is 0 Å². The highest BCUT2D eigenvalue weighted by molar-refractivity contribution is 5.20. The van der Waals surface area contributed by atoms with Crippen LogP contribution in [0.1, 0.15) is 43.8 Å². The van der Waals surface area contributed by atoms with Crippen molar-refractivity contribution in [3.8, 4) is 0 Å². The Kier molecular flexibility index (Phi) is 2.93. The quantitative estimate of drug-likeness (QED) is 0.773. The highest BCUT2D eigenvalue weighted by atomic mass is 16.8. The Bertz CT molecular complexity index is 368. The predicted molar refractivity (Wildman–Crippen MR) is 66.3 cm³/mol. The maximum absolute atomic E-state index is 6.24. The van der Waals surface area contributed by atoms with Gasteiger partial charge in [-0.15, -0.1) is 0 Å². The molecule has 1 aliphatic carbocycles. The molecule has 1 saturated heterocycles. The van der Waals surface area contributed by atoms with Crippen molar-refractivity contribution in [2.45, 2.75) is 50.1 Å². The van der Waals surface area contributed by atoms with Gasteiger partial charge in [-0.2, -0.15) is 0 Å². The van der Waals surface area contributed by atoms with E-state index in [4.69, 9.17) is 9.47 Å². The van der Waals surface area contributed by atoms with Crippen molar-refractivity contribution in [2.75, 3.05) is 0 Å². The lowest BCUT2D eigenvalue weighted by molar-refractivity contribution is -0.169. The first-order valence-corrected chi connectivity index (χ1v) is 6.53. The molecule has 2 heteroatoms. The summed E-state index contributed by atoms with van der Waals surface area (Å²) in [6.45, 7) is 3.99. The lowest BCUT2D eigenvalue weighted by atomic mass is 10.0. The molecule has 2 fully saturated rings. The number of hydrogen-bond acceptors (Lipinski definition) is 2. The average Bonchev–Trinajstić information content (AvgIpc) is 2.98. The van der Waals surface area contributed by atoms with Gasteiger partial charge in [0.2, 0.25) is 0 Å². The maximum atomic E-state index is 6.24. The summed E-state index contributed by atoms with van der Waals surface area (Å²) in [7, 11) is 0. The van der Waals surface area contributed by atoms with Crippen LogP contribution in [0, 0.1) is 6.92 Å². The first-order chi connectivity index (χ1) is 8.33. The van der Waals surface area contributed by atoms with Crippen LogP contribution in [0.25, 0.3) is 0 Å². The highest BCUT2D eigenvalue weighted by Gasteiger charge is 2.48. The largest absolute Gasteiger partial charge is 0.344 e. The van der Waals surface area contributed by atoms with E-state index in [0.29, 0.717) is 0 Å². The van der Waals surface area contributed by atoms with Crippen LogP contribution in [0.2, 0.25) is 0 Å². The molecule has 1 spiro atoms. The summed E-state index contributed by atoms with van der Waals surface area (Å²) in [4.78, 5) is 0. The van der Waals surface area contributed by atoms with E-state index in [1.807, 2.05) is 6.07 Å². The third kappa shape index (κ3) is 2.00. The van der Waals surface area contributed by atoms with Crippen LogP contribution in [0.3, 0.4) is 0 Å². The van der Waals surface area contributed by atoms with Gasteiger partial charge in [0.25, 0.3) is 0 Å². The number of ether oxygens (including phenoxy) is 2. The summed E-state index contributed by atoms with van der Waals surface area (Å²) < 4.78 is 12.4. The molecule has 0 amide bonds. The van der Waals surface area contributed by atoms with E-state index in [1.165, 1.54) is 18.4 Å². The van der Waals surface area contributed by atoms with Gasteiger partial charge in [-0.3, -0.25) is 0 Å². The first kappa shape index (κ1) is 11.2. The van der Waals surface area contributed by atoms with Crippen molar-refractivity contribution in [1.82, 2.24) is 0 Å². The normalized spacial score (nSPS) is 31.1. The van der Waals surface area contributed by atoms with Crippen LogP contribution in [-0.4, -0.2) is 11.9 Å². The van der Waals surface area contributed by atoms with Gasteiger partial charge in [-0.25, -0.2) is 0 Å². The molecule has 2 atom stereocenters. The summed E-state index contributed by atoms with van der Waals surface area (Å²) in [6, 6.07) is 10.4. The minimum Gasteiger partial charge on any atom is -0.344 e. The molecule has 1 heterocycles. The van der Waals surface area contributed by atoms with Crippen LogP contribution in [0.4, 0.5) is 0 Å². The Balaban J connectivity index is 1.84. The van der Waals surface area contributed by atoms with E-state index in [1.54, 1.807) is 0 Å². The van der Waals surface area contributed by atoms with Crippen molar-refractivity contribution < 1.29 is 9.47 Å². The summed E-state index contributed by atoms with van der Waals surface area (Å²) in [5, 5.41) is 0. The maximum Gasteiger partial charge on any atom is 0.169 e. The van der Waals surface area contributed by atoms with Gasteiger partial charge < -0.3 is 9.47 Å². The standard InChI is InChI=1S/C15H19O2/c1-2-13-14(12-8-4-3-5-9-12)17-15(16-13)10-6-7-11-15/h3-5,8-9,13-14H,1-2,6-7,10-11H2. The Hall–Kier alpha value is -0.860. The second-order valence-electron chi connectivity index (χ2n) is 5.01. The molecule has 2 aliphatic rings. The van der Waals surface area contributed by atoms with Crippen LogP contribution < -0.4 is 0 Å². The fraction of sp³-hybridized carbons (Fsp3) is 0.533. The number of rotatable bonds is 2. The van der Waals surface area contributed by atoms with Crippen molar-refractivity contribution >= 4 is 0 Å². The molecule has 1 aromatic carbocycles. The third-order valence-electron chi connectivity index (χ3n) is 3.82. The summed E-state index contributed by atoms with van der Waals surface area (Å²) >= 11 is 0. The molecule has 0 bridgehead atoms. The molecule has 91 valence electrons.